The SMILES string of the molecule is O=C(N[C@H](Cn1ccnc1)c1ccccc1)c1cccc(Cn2cccn2)c1. The molecule has 1 N–H and O–H groups in total. The van der Waals surface area contributed by atoms with Gasteiger partial charge in [0.1, 0.15) is 0 Å². The van der Waals surface area contributed by atoms with Crippen molar-refractivity contribution in [2.24, 2.45) is 0 Å². The van der Waals surface area contributed by atoms with Gasteiger partial charge >= 0.3 is 0 Å². The highest BCUT2D eigenvalue weighted by molar-refractivity contribution is 5.94. The van der Waals surface area contributed by atoms with Gasteiger partial charge in [-0.05, 0) is 29.3 Å². The van der Waals surface area contributed by atoms with Gasteiger partial charge in [-0.3, -0.25) is 9.48 Å². The number of hydrogen-bond acceptors (Lipinski definition) is 3. The number of benzene rings is 2. The Bertz CT molecular complexity index is 1010. The Balaban J connectivity index is 1.52. The molecule has 1 atom stereocenters. The summed E-state index contributed by atoms with van der Waals surface area (Å²) in [6.07, 6.45) is 9.04. The van der Waals surface area contributed by atoms with Crippen molar-refractivity contribution in [3.05, 3.63) is 108 Å². The van der Waals surface area contributed by atoms with E-state index in [0.717, 1.165) is 11.1 Å². The third-order valence-corrected chi connectivity index (χ3v) is 4.55. The van der Waals surface area contributed by atoms with Crippen LogP contribution in [0, 0.1) is 0 Å². The maximum absolute atomic E-state index is 13.0. The molecule has 2 aromatic heterocycles. The Morgan fingerprint density at radius 2 is 1.89 bits per heavy atom. The van der Waals surface area contributed by atoms with E-state index < -0.39 is 0 Å². The fourth-order valence-corrected chi connectivity index (χ4v) is 3.16. The molecular formula is C22H21N5O. The van der Waals surface area contributed by atoms with Crippen LogP contribution in [0.25, 0.3) is 0 Å². The zero-order valence-corrected chi connectivity index (χ0v) is 15.3. The number of aromatic nitrogens is 4. The molecule has 0 aliphatic rings. The fourth-order valence-electron chi connectivity index (χ4n) is 3.16. The maximum Gasteiger partial charge on any atom is 0.251 e. The summed E-state index contributed by atoms with van der Waals surface area (Å²) in [5.74, 6) is -0.101. The van der Waals surface area contributed by atoms with Crippen LogP contribution < -0.4 is 5.32 Å². The Hall–Kier alpha value is -3.67. The number of carbonyl (C=O) groups excluding carboxylic acids is 1. The van der Waals surface area contributed by atoms with Crippen molar-refractivity contribution in [3.8, 4) is 0 Å². The van der Waals surface area contributed by atoms with Crippen LogP contribution in [0.3, 0.4) is 0 Å². The van der Waals surface area contributed by atoms with Gasteiger partial charge in [0, 0.05) is 36.9 Å². The predicted octanol–water partition coefficient (Wildman–Crippen LogP) is 3.30. The molecule has 140 valence electrons. The summed E-state index contributed by atoms with van der Waals surface area (Å²) < 4.78 is 3.80. The van der Waals surface area contributed by atoms with Gasteiger partial charge in [-0.2, -0.15) is 5.10 Å². The number of hydrogen-bond donors (Lipinski definition) is 1. The first-order chi connectivity index (χ1) is 13.8. The lowest BCUT2D eigenvalue weighted by Gasteiger charge is -2.20. The largest absolute Gasteiger partial charge is 0.343 e. The quantitative estimate of drug-likeness (QED) is 0.542. The lowest BCUT2D eigenvalue weighted by molar-refractivity contribution is 0.0932. The van der Waals surface area contributed by atoms with Crippen molar-refractivity contribution < 1.29 is 4.79 Å². The van der Waals surface area contributed by atoms with E-state index in [2.05, 4.69) is 15.4 Å². The highest BCUT2D eigenvalue weighted by atomic mass is 16.1. The first-order valence-electron chi connectivity index (χ1n) is 9.16. The number of carbonyl (C=O) groups is 1. The van der Waals surface area contributed by atoms with E-state index in [4.69, 9.17) is 0 Å². The predicted molar refractivity (Wildman–Crippen MR) is 107 cm³/mol. The van der Waals surface area contributed by atoms with Crippen molar-refractivity contribution in [1.29, 1.82) is 0 Å². The third kappa shape index (κ3) is 4.35. The van der Waals surface area contributed by atoms with Crippen molar-refractivity contribution >= 4 is 5.91 Å². The first-order valence-corrected chi connectivity index (χ1v) is 9.16. The zero-order chi connectivity index (χ0) is 19.2. The van der Waals surface area contributed by atoms with Crippen LogP contribution in [0.2, 0.25) is 0 Å². The van der Waals surface area contributed by atoms with Gasteiger partial charge in [0.15, 0.2) is 0 Å². The molecule has 0 saturated heterocycles. The second-order valence-electron chi connectivity index (χ2n) is 6.60. The van der Waals surface area contributed by atoms with Crippen LogP contribution in [-0.2, 0) is 13.1 Å². The fraction of sp³-hybridized carbons (Fsp3) is 0.136. The number of nitrogens with one attached hydrogen (secondary N) is 1. The van der Waals surface area contributed by atoms with Gasteiger partial charge in [0.25, 0.3) is 5.91 Å². The Labute approximate surface area is 163 Å². The van der Waals surface area contributed by atoms with Crippen molar-refractivity contribution in [1.82, 2.24) is 24.6 Å². The van der Waals surface area contributed by atoms with Gasteiger partial charge in [-0.1, -0.05) is 42.5 Å². The highest BCUT2D eigenvalue weighted by Gasteiger charge is 2.16. The Morgan fingerprint density at radius 3 is 2.64 bits per heavy atom. The molecule has 6 nitrogen and oxygen atoms in total. The molecular weight excluding hydrogens is 350 g/mol. The van der Waals surface area contributed by atoms with Crippen LogP contribution in [0.15, 0.2) is 91.8 Å². The van der Waals surface area contributed by atoms with Gasteiger partial charge in [0.2, 0.25) is 0 Å². The van der Waals surface area contributed by atoms with E-state index in [9.17, 15) is 4.79 Å². The average molecular weight is 371 g/mol. The lowest BCUT2D eigenvalue weighted by Crippen LogP contribution is -2.31. The normalized spacial score (nSPS) is 11.9. The molecule has 0 spiro atoms. The summed E-state index contributed by atoms with van der Waals surface area (Å²) in [6, 6.07) is 19.4. The summed E-state index contributed by atoms with van der Waals surface area (Å²) in [4.78, 5) is 17.0. The molecule has 28 heavy (non-hydrogen) atoms. The molecule has 0 aliphatic carbocycles. The van der Waals surface area contributed by atoms with Crippen LogP contribution in [0.5, 0.6) is 0 Å². The standard InChI is InChI=1S/C22H21N5O/c28-22(20-9-4-6-18(14-20)15-27-12-5-10-24-27)25-21(16-26-13-11-23-17-26)19-7-2-1-3-8-19/h1-14,17,21H,15-16H2,(H,25,28)/t21-/m1/s1. The van der Waals surface area contributed by atoms with E-state index in [1.54, 1.807) is 18.7 Å². The van der Waals surface area contributed by atoms with Crippen molar-refractivity contribution in [2.45, 2.75) is 19.1 Å². The molecule has 1 amide bonds. The minimum atomic E-state index is -0.155. The van der Waals surface area contributed by atoms with Gasteiger partial charge in [-0.25, -0.2) is 4.98 Å². The van der Waals surface area contributed by atoms with Crippen molar-refractivity contribution in [2.75, 3.05) is 0 Å². The second kappa shape index (κ2) is 8.35. The summed E-state index contributed by atoms with van der Waals surface area (Å²) in [5.41, 5.74) is 2.72. The molecule has 0 aliphatic heterocycles. The van der Waals surface area contributed by atoms with E-state index in [-0.39, 0.29) is 11.9 Å². The van der Waals surface area contributed by atoms with E-state index in [1.807, 2.05) is 82.3 Å². The molecule has 0 radical (unpaired) electrons. The first kappa shape index (κ1) is 17.7. The minimum absolute atomic E-state index is 0.101. The van der Waals surface area contributed by atoms with Crippen LogP contribution >= 0.6 is 0 Å². The van der Waals surface area contributed by atoms with Gasteiger partial charge in [0.05, 0.1) is 18.9 Å². The van der Waals surface area contributed by atoms with Crippen LogP contribution in [-0.4, -0.2) is 25.2 Å². The smallest absolute Gasteiger partial charge is 0.251 e. The molecule has 6 heteroatoms. The van der Waals surface area contributed by atoms with E-state index in [0.29, 0.717) is 18.7 Å². The molecule has 0 unspecified atom stereocenters. The zero-order valence-electron chi connectivity index (χ0n) is 15.3. The summed E-state index contributed by atoms with van der Waals surface area (Å²) in [6.45, 7) is 1.24. The van der Waals surface area contributed by atoms with Gasteiger partial charge < -0.3 is 9.88 Å². The van der Waals surface area contributed by atoms with Gasteiger partial charge in [-0.15, -0.1) is 0 Å². The second-order valence-corrected chi connectivity index (χ2v) is 6.60. The number of rotatable bonds is 7. The summed E-state index contributed by atoms with van der Waals surface area (Å²) in [7, 11) is 0. The van der Waals surface area contributed by atoms with Crippen molar-refractivity contribution in [3.63, 3.8) is 0 Å². The summed E-state index contributed by atoms with van der Waals surface area (Å²) >= 11 is 0. The monoisotopic (exact) mass is 371 g/mol. The topological polar surface area (TPSA) is 64.7 Å². The minimum Gasteiger partial charge on any atom is -0.343 e. The summed E-state index contributed by atoms with van der Waals surface area (Å²) in [5, 5.41) is 7.39. The van der Waals surface area contributed by atoms with E-state index >= 15 is 0 Å². The lowest BCUT2D eigenvalue weighted by atomic mass is 10.1. The number of nitrogens with zero attached hydrogens (tertiary/aromatic N) is 4. The van der Waals surface area contributed by atoms with Crippen LogP contribution in [0.1, 0.15) is 27.5 Å². The molecule has 0 saturated carbocycles. The number of imidazole rings is 1. The molecule has 0 fully saturated rings. The maximum atomic E-state index is 13.0. The molecule has 2 heterocycles. The molecule has 2 aromatic carbocycles. The van der Waals surface area contributed by atoms with Crippen LogP contribution in [0.4, 0.5) is 0 Å². The average Bonchev–Trinajstić information content (AvgIpc) is 3.43. The number of amides is 1. The highest BCUT2D eigenvalue weighted by Crippen LogP contribution is 2.16. The molecule has 0 bridgehead atoms. The Kier molecular flexibility index (Phi) is 5.29. The third-order valence-electron chi connectivity index (χ3n) is 4.55. The van der Waals surface area contributed by atoms with E-state index in [1.165, 1.54) is 0 Å². The Morgan fingerprint density at radius 1 is 1.00 bits per heavy atom. The molecule has 4 aromatic rings. The molecule has 4 rings (SSSR count).